The fourth-order valence-electron chi connectivity index (χ4n) is 2.66. The predicted octanol–water partition coefficient (Wildman–Crippen LogP) is 3.93. The van der Waals surface area contributed by atoms with E-state index < -0.39 is 0 Å². The maximum Gasteiger partial charge on any atom is 0.163 e. The highest BCUT2D eigenvalue weighted by molar-refractivity contribution is 5.90. The molecule has 0 saturated carbocycles. The Labute approximate surface area is 133 Å². The summed E-state index contributed by atoms with van der Waals surface area (Å²) in [6, 6.07) is 22.2. The van der Waals surface area contributed by atoms with E-state index in [-0.39, 0.29) is 0 Å². The molecule has 23 heavy (non-hydrogen) atoms. The second-order valence-electron chi connectivity index (χ2n) is 5.18. The zero-order valence-electron chi connectivity index (χ0n) is 12.2. The zero-order valence-corrected chi connectivity index (χ0v) is 12.2. The van der Waals surface area contributed by atoms with Gasteiger partial charge in [-0.2, -0.15) is 10.4 Å². The molecular weight excluding hydrogens is 284 g/mol. The molecule has 0 unspecified atom stereocenters. The summed E-state index contributed by atoms with van der Waals surface area (Å²) in [5, 5.41) is 13.7. The third-order valence-electron chi connectivity index (χ3n) is 3.71. The Morgan fingerprint density at radius 3 is 2.17 bits per heavy atom. The summed E-state index contributed by atoms with van der Waals surface area (Å²) in [6.07, 6.45) is 3.29. The average Bonchev–Trinajstić information content (AvgIpc) is 3.01. The maximum absolute atomic E-state index is 9.08. The molecule has 0 saturated heterocycles. The lowest BCUT2D eigenvalue weighted by molar-refractivity contribution is 0.938. The van der Waals surface area contributed by atoms with Crippen LogP contribution in [0.1, 0.15) is 5.56 Å². The van der Waals surface area contributed by atoms with Crippen molar-refractivity contribution in [3.8, 4) is 28.5 Å². The Morgan fingerprint density at radius 1 is 0.870 bits per heavy atom. The van der Waals surface area contributed by atoms with Crippen LogP contribution in [-0.4, -0.2) is 14.6 Å². The van der Waals surface area contributed by atoms with Crippen LogP contribution in [0.2, 0.25) is 0 Å². The van der Waals surface area contributed by atoms with Crippen molar-refractivity contribution in [3.05, 3.63) is 78.6 Å². The number of nitrogens with zero attached hydrogens (tertiary/aromatic N) is 4. The topological polar surface area (TPSA) is 54.0 Å². The lowest BCUT2D eigenvalue weighted by atomic mass is 10.0. The fraction of sp³-hybridized carbons (Fsp3) is 0. The molecule has 0 atom stereocenters. The SMILES string of the molecule is N#Cc1cnc2c(-c3ccccc3)c(-c3ccccc3)nn2c1. The van der Waals surface area contributed by atoms with Crippen LogP contribution >= 0.6 is 0 Å². The highest BCUT2D eigenvalue weighted by Crippen LogP contribution is 2.34. The van der Waals surface area contributed by atoms with Crippen LogP contribution in [0.5, 0.6) is 0 Å². The predicted molar refractivity (Wildman–Crippen MR) is 88.6 cm³/mol. The Hall–Kier alpha value is -3.45. The van der Waals surface area contributed by atoms with E-state index >= 15 is 0 Å². The summed E-state index contributed by atoms with van der Waals surface area (Å²) in [6.45, 7) is 0. The molecule has 2 heterocycles. The first-order valence-corrected chi connectivity index (χ1v) is 7.26. The van der Waals surface area contributed by atoms with Crippen molar-refractivity contribution < 1.29 is 0 Å². The van der Waals surface area contributed by atoms with Crippen molar-refractivity contribution in [2.75, 3.05) is 0 Å². The summed E-state index contributed by atoms with van der Waals surface area (Å²) >= 11 is 0. The highest BCUT2D eigenvalue weighted by atomic mass is 15.3. The van der Waals surface area contributed by atoms with E-state index in [1.54, 1.807) is 16.9 Å². The van der Waals surface area contributed by atoms with Crippen LogP contribution < -0.4 is 0 Å². The fourth-order valence-corrected chi connectivity index (χ4v) is 2.66. The van der Waals surface area contributed by atoms with Gasteiger partial charge in [-0.3, -0.25) is 0 Å². The summed E-state index contributed by atoms with van der Waals surface area (Å²) in [5.41, 5.74) is 5.14. The van der Waals surface area contributed by atoms with Crippen molar-refractivity contribution in [1.29, 1.82) is 5.26 Å². The Kier molecular flexibility index (Phi) is 3.10. The minimum Gasteiger partial charge on any atom is -0.235 e. The molecule has 0 aliphatic heterocycles. The van der Waals surface area contributed by atoms with Crippen LogP contribution in [0.25, 0.3) is 28.0 Å². The van der Waals surface area contributed by atoms with Crippen molar-refractivity contribution in [2.24, 2.45) is 0 Å². The molecule has 0 spiro atoms. The normalized spacial score (nSPS) is 10.6. The first-order chi connectivity index (χ1) is 11.4. The van der Waals surface area contributed by atoms with Crippen molar-refractivity contribution in [1.82, 2.24) is 14.6 Å². The van der Waals surface area contributed by atoms with Gasteiger partial charge in [-0.05, 0) is 5.56 Å². The second-order valence-corrected chi connectivity index (χ2v) is 5.18. The van der Waals surface area contributed by atoms with Gasteiger partial charge in [-0.1, -0.05) is 60.7 Å². The van der Waals surface area contributed by atoms with Crippen LogP contribution in [0.3, 0.4) is 0 Å². The molecule has 108 valence electrons. The average molecular weight is 296 g/mol. The Morgan fingerprint density at radius 2 is 1.52 bits per heavy atom. The molecule has 2 aromatic heterocycles. The monoisotopic (exact) mass is 296 g/mol. The maximum atomic E-state index is 9.08. The van der Waals surface area contributed by atoms with Gasteiger partial charge < -0.3 is 0 Å². The van der Waals surface area contributed by atoms with Crippen LogP contribution in [0.4, 0.5) is 0 Å². The summed E-state index contributed by atoms with van der Waals surface area (Å²) < 4.78 is 1.68. The number of aromatic nitrogens is 3. The Balaban J connectivity index is 2.07. The molecular formula is C19H12N4. The van der Waals surface area contributed by atoms with Gasteiger partial charge in [0.15, 0.2) is 5.65 Å². The second kappa shape index (κ2) is 5.39. The molecule has 4 heteroatoms. The van der Waals surface area contributed by atoms with E-state index in [1.807, 2.05) is 60.7 Å². The summed E-state index contributed by atoms with van der Waals surface area (Å²) in [5.74, 6) is 0. The van der Waals surface area contributed by atoms with Gasteiger partial charge in [0.2, 0.25) is 0 Å². The third-order valence-corrected chi connectivity index (χ3v) is 3.71. The lowest BCUT2D eigenvalue weighted by Crippen LogP contribution is -1.91. The van der Waals surface area contributed by atoms with Gasteiger partial charge in [-0.15, -0.1) is 0 Å². The molecule has 4 rings (SSSR count). The van der Waals surface area contributed by atoms with Gasteiger partial charge in [0.05, 0.1) is 17.3 Å². The molecule has 0 aliphatic rings. The summed E-state index contributed by atoms with van der Waals surface area (Å²) in [4.78, 5) is 4.45. The highest BCUT2D eigenvalue weighted by Gasteiger charge is 2.17. The number of nitriles is 1. The van der Waals surface area contributed by atoms with Crippen molar-refractivity contribution in [3.63, 3.8) is 0 Å². The third kappa shape index (κ3) is 2.25. The number of rotatable bonds is 2. The number of hydrogen-bond donors (Lipinski definition) is 0. The summed E-state index contributed by atoms with van der Waals surface area (Å²) in [7, 11) is 0. The molecule has 0 aliphatic carbocycles. The quantitative estimate of drug-likeness (QED) is 0.563. The van der Waals surface area contributed by atoms with Gasteiger partial charge in [0.25, 0.3) is 0 Å². The van der Waals surface area contributed by atoms with E-state index in [1.165, 1.54) is 0 Å². The first kappa shape index (κ1) is 13.2. The zero-order chi connectivity index (χ0) is 15.6. The van der Waals surface area contributed by atoms with Crippen LogP contribution in [0.15, 0.2) is 73.1 Å². The molecule has 4 aromatic rings. The van der Waals surface area contributed by atoms with E-state index in [4.69, 9.17) is 5.26 Å². The van der Waals surface area contributed by atoms with Gasteiger partial charge in [-0.25, -0.2) is 9.50 Å². The van der Waals surface area contributed by atoms with Gasteiger partial charge in [0.1, 0.15) is 11.8 Å². The van der Waals surface area contributed by atoms with Gasteiger partial charge >= 0.3 is 0 Å². The van der Waals surface area contributed by atoms with Crippen LogP contribution in [-0.2, 0) is 0 Å². The molecule has 0 amide bonds. The van der Waals surface area contributed by atoms with E-state index in [0.717, 1.165) is 28.0 Å². The van der Waals surface area contributed by atoms with E-state index in [9.17, 15) is 0 Å². The lowest BCUT2D eigenvalue weighted by Gasteiger charge is -2.03. The molecule has 0 radical (unpaired) electrons. The minimum absolute atomic E-state index is 0.485. The van der Waals surface area contributed by atoms with Gasteiger partial charge in [0, 0.05) is 11.8 Å². The number of benzene rings is 2. The van der Waals surface area contributed by atoms with Crippen molar-refractivity contribution in [2.45, 2.75) is 0 Å². The standard InChI is InChI=1S/C19H12N4/c20-11-14-12-21-19-17(15-7-3-1-4-8-15)18(22-23(19)13-14)16-9-5-2-6-10-16/h1-10,12-13H. The van der Waals surface area contributed by atoms with E-state index in [2.05, 4.69) is 16.2 Å². The number of fused-ring (bicyclic) bond motifs is 1. The first-order valence-electron chi connectivity index (χ1n) is 7.26. The molecule has 0 N–H and O–H groups in total. The van der Waals surface area contributed by atoms with Crippen molar-refractivity contribution >= 4 is 5.65 Å². The molecule has 2 aromatic carbocycles. The molecule has 4 nitrogen and oxygen atoms in total. The smallest absolute Gasteiger partial charge is 0.163 e. The van der Waals surface area contributed by atoms with Crippen LogP contribution in [0, 0.1) is 11.3 Å². The largest absolute Gasteiger partial charge is 0.235 e. The number of hydrogen-bond acceptors (Lipinski definition) is 3. The molecule has 0 bridgehead atoms. The minimum atomic E-state index is 0.485. The molecule has 0 fully saturated rings. The Bertz CT molecular complexity index is 1010. The van der Waals surface area contributed by atoms with E-state index in [0.29, 0.717) is 5.56 Å².